The summed E-state index contributed by atoms with van der Waals surface area (Å²) in [6, 6.07) is 16.9. The molecular weight excluding hydrogens is 536 g/mol. The third-order valence-corrected chi connectivity index (χ3v) is 8.65. The van der Waals surface area contributed by atoms with Gasteiger partial charge in [0.25, 0.3) is 0 Å². The monoisotopic (exact) mass is 574 g/mol. The van der Waals surface area contributed by atoms with Crippen LogP contribution in [-0.2, 0) is 4.74 Å². The zero-order valence-corrected chi connectivity index (χ0v) is 25.1. The molecule has 220 valence electrons. The molecule has 0 bridgehead atoms. The Morgan fingerprint density at radius 2 is 1.44 bits per heavy atom. The van der Waals surface area contributed by atoms with E-state index in [9.17, 15) is 4.79 Å². The number of likely N-dealkylation sites (tertiary alicyclic amines) is 1. The lowest BCUT2D eigenvalue weighted by Gasteiger charge is -2.27. The number of rotatable bonds is 5. The molecule has 1 amide bonds. The van der Waals surface area contributed by atoms with Crippen LogP contribution in [0.5, 0.6) is 0 Å². The van der Waals surface area contributed by atoms with Gasteiger partial charge in [0, 0.05) is 35.2 Å². The molecule has 2 fully saturated rings. The van der Waals surface area contributed by atoms with E-state index >= 15 is 0 Å². The summed E-state index contributed by atoms with van der Waals surface area (Å²) in [6.07, 6.45) is 12.3. The lowest BCUT2D eigenvalue weighted by Crippen LogP contribution is -2.36. The molecule has 1 aliphatic carbocycles. The third kappa shape index (κ3) is 5.66. The van der Waals surface area contributed by atoms with Gasteiger partial charge in [-0.3, -0.25) is 9.88 Å². The molecule has 0 radical (unpaired) electrons. The van der Waals surface area contributed by atoms with Crippen molar-refractivity contribution in [1.29, 1.82) is 0 Å². The number of ether oxygens (including phenoxy) is 1. The normalized spacial score (nSPS) is 17.7. The van der Waals surface area contributed by atoms with Gasteiger partial charge in [0.05, 0.1) is 35.5 Å². The second kappa shape index (κ2) is 11.0. The van der Waals surface area contributed by atoms with Gasteiger partial charge in [0.1, 0.15) is 17.2 Å². The molecule has 3 aromatic heterocycles. The first-order chi connectivity index (χ1) is 20.8. The van der Waals surface area contributed by atoms with Crippen LogP contribution >= 0.6 is 0 Å². The Bertz CT molecular complexity index is 1760. The van der Waals surface area contributed by atoms with Crippen molar-refractivity contribution in [3.8, 4) is 33.8 Å². The Hall–Kier alpha value is -4.46. The van der Waals surface area contributed by atoms with Gasteiger partial charge >= 0.3 is 6.09 Å². The van der Waals surface area contributed by atoms with E-state index in [0.29, 0.717) is 12.5 Å². The van der Waals surface area contributed by atoms with Gasteiger partial charge in [-0.15, -0.1) is 0 Å². The fourth-order valence-electron chi connectivity index (χ4n) is 6.42. The van der Waals surface area contributed by atoms with E-state index in [0.717, 1.165) is 69.0 Å². The number of fused-ring (bicyclic) bond motifs is 1. The molecule has 8 heteroatoms. The number of hydrogen-bond acceptors (Lipinski definition) is 5. The van der Waals surface area contributed by atoms with Gasteiger partial charge in [0.2, 0.25) is 0 Å². The van der Waals surface area contributed by atoms with E-state index in [1.807, 2.05) is 39.4 Å². The minimum Gasteiger partial charge on any atom is -0.444 e. The maximum absolute atomic E-state index is 12.8. The van der Waals surface area contributed by atoms with Gasteiger partial charge in [-0.05, 0) is 69.5 Å². The van der Waals surface area contributed by atoms with E-state index in [1.54, 1.807) is 4.90 Å². The van der Waals surface area contributed by atoms with Crippen LogP contribution in [0.2, 0.25) is 0 Å². The summed E-state index contributed by atoms with van der Waals surface area (Å²) >= 11 is 0. The molecule has 7 rings (SSSR count). The average Bonchev–Trinajstić information content (AvgIpc) is 3.82. The van der Waals surface area contributed by atoms with Crippen molar-refractivity contribution in [3.05, 3.63) is 78.8 Å². The Morgan fingerprint density at radius 1 is 0.767 bits per heavy atom. The summed E-state index contributed by atoms with van der Waals surface area (Å²) in [5, 5.41) is 2.25. The maximum atomic E-state index is 12.8. The zero-order chi connectivity index (χ0) is 29.6. The number of hydrogen-bond donors (Lipinski definition) is 2. The molecule has 1 aliphatic heterocycles. The number of aromatic amines is 2. The van der Waals surface area contributed by atoms with Crippen LogP contribution in [0.4, 0.5) is 4.79 Å². The smallest absolute Gasteiger partial charge is 0.410 e. The molecule has 1 saturated heterocycles. The fourth-order valence-corrected chi connectivity index (χ4v) is 6.42. The number of pyridine rings is 1. The number of H-pyrrole nitrogens is 2. The van der Waals surface area contributed by atoms with Crippen molar-refractivity contribution in [2.45, 2.75) is 76.9 Å². The van der Waals surface area contributed by atoms with Crippen LogP contribution in [0.15, 0.2) is 67.1 Å². The number of carbonyl (C=O) groups excluding carboxylic acids is 1. The fraction of sp³-hybridized carbons (Fsp3) is 0.371. The first-order valence-corrected chi connectivity index (χ1v) is 15.4. The minimum atomic E-state index is -0.526. The highest BCUT2D eigenvalue weighted by Gasteiger charge is 2.34. The molecule has 1 unspecified atom stereocenters. The number of benzene rings is 2. The molecule has 4 heterocycles. The van der Waals surface area contributed by atoms with Crippen molar-refractivity contribution in [1.82, 2.24) is 29.8 Å². The standard InChI is InChI=1S/C35H38N6O2/c1-35(2,3)43-34(42)41-16-6-9-31(41)33-38-20-29(40-33)23-12-10-22(11-13-23)28-18-25-14-15-26(17-27(25)19-36-28)30-21-37-32(39-30)24-7-4-5-8-24/h10-15,17-21,24,31H,4-9,16H2,1-3H3,(H,37,39)(H,38,40). The Kier molecular flexibility index (Phi) is 7.00. The van der Waals surface area contributed by atoms with Crippen LogP contribution in [0.25, 0.3) is 44.5 Å². The molecule has 2 aromatic carbocycles. The largest absolute Gasteiger partial charge is 0.444 e. The van der Waals surface area contributed by atoms with Crippen LogP contribution in [0.1, 0.15) is 82.9 Å². The van der Waals surface area contributed by atoms with Gasteiger partial charge in [-0.2, -0.15) is 0 Å². The number of nitrogens with one attached hydrogen (secondary N) is 2. The van der Waals surface area contributed by atoms with Crippen LogP contribution < -0.4 is 0 Å². The minimum absolute atomic E-state index is 0.104. The third-order valence-electron chi connectivity index (χ3n) is 8.65. The van der Waals surface area contributed by atoms with Gasteiger partial charge in [-0.25, -0.2) is 14.8 Å². The lowest BCUT2D eigenvalue weighted by molar-refractivity contribution is 0.0218. The summed E-state index contributed by atoms with van der Waals surface area (Å²) in [4.78, 5) is 35.7. The SMILES string of the molecule is CC(C)(C)OC(=O)N1CCCC1c1ncc(-c2ccc(-c3cc4ccc(-c5cnc(C6CCCC6)[nH]5)cc4cn3)cc2)[nH]1. The summed E-state index contributed by atoms with van der Waals surface area (Å²) in [6.45, 7) is 6.35. The Labute approximate surface area is 251 Å². The summed E-state index contributed by atoms with van der Waals surface area (Å²) < 4.78 is 5.63. The van der Waals surface area contributed by atoms with Gasteiger partial charge in [0.15, 0.2) is 0 Å². The van der Waals surface area contributed by atoms with Crippen molar-refractivity contribution in [2.24, 2.45) is 0 Å². The summed E-state index contributed by atoms with van der Waals surface area (Å²) in [7, 11) is 0. The van der Waals surface area contributed by atoms with E-state index in [1.165, 1.54) is 25.7 Å². The highest BCUT2D eigenvalue weighted by molar-refractivity contribution is 5.89. The molecule has 2 aliphatic rings. The lowest BCUT2D eigenvalue weighted by atomic mass is 10.0. The number of imidazole rings is 2. The number of carbonyl (C=O) groups is 1. The van der Waals surface area contributed by atoms with Gasteiger partial charge in [-0.1, -0.05) is 49.2 Å². The van der Waals surface area contributed by atoms with Crippen molar-refractivity contribution >= 4 is 16.9 Å². The number of amides is 1. The molecule has 1 atom stereocenters. The van der Waals surface area contributed by atoms with Crippen molar-refractivity contribution in [2.75, 3.05) is 6.54 Å². The molecule has 2 N–H and O–H groups in total. The maximum Gasteiger partial charge on any atom is 0.410 e. The molecule has 5 aromatic rings. The molecule has 0 spiro atoms. The average molecular weight is 575 g/mol. The highest BCUT2D eigenvalue weighted by atomic mass is 16.6. The second-order valence-corrected chi connectivity index (χ2v) is 12.9. The van der Waals surface area contributed by atoms with Crippen LogP contribution in [0.3, 0.4) is 0 Å². The number of aromatic nitrogens is 5. The molecule has 8 nitrogen and oxygen atoms in total. The van der Waals surface area contributed by atoms with E-state index in [-0.39, 0.29) is 12.1 Å². The molecular formula is C35H38N6O2. The zero-order valence-electron chi connectivity index (χ0n) is 25.1. The Balaban J connectivity index is 1.06. The predicted molar refractivity (Wildman–Crippen MR) is 168 cm³/mol. The van der Waals surface area contributed by atoms with Crippen molar-refractivity contribution in [3.63, 3.8) is 0 Å². The summed E-state index contributed by atoms with van der Waals surface area (Å²) in [5.74, 6) is 2.49. The quantitative estimate of drug-likeness (QED) is 0.219. The first-order valence-electron chi connectivity index (χ1n) is 15.4. The van der Waals surface area contributed by atoms with Crippen molar-refractivity contribution < 1.29 is 9.53 Å². The number of nitrogens with zero attached hydrogens (tertiary/aromatic N) is 4. The molecule has 43 heavy (non-hydrogen) atoms. The predicted octanol–water partition coefficient (Wildman–Crippen LogP) is 8.41. The first kappa shape index (κ1) is 27.4. The van der Waals surface area contributed by atoms with E-state index in [2.05, 4.69) is 68.5 Å². The van der Waals surface area contributed by atoms with Gasteiger partial charge < -0.3 is 14.7 Å². The summed E-state index contributed by atoms with van der Waals surface area (Å²) in [5.41, 5.74) is 5.61. The Morgan fingerprint density at radius 3 is 2.21 bits per heavy atom. The second-order valence-electron chi connectivity index (χ2n) is 12.9. The van der Waals surface area contributed by atoms with E-state index < -0.39 is 5.60 Å². The van der Waals surface area contributed by atoms with Crippen LogP contribution in [0, 0.1) is 0 Å². The highest BCUT2D eigenvalue weighted by Crippen LogP contribution is 2.35. The van der Waals surface area contributed by atoms with E-state index in [4.69, 9.17) is 9.72 Å². The topological polar surface area (TPSA) is 99.8 Å². The van der Waals surface area contributed by atoms with Crippen LogP contribution in [-0.4, -0.2) is 48.1 Å². The molecule has 1 saturated carbocycles.